The molecule has 1 spiro atoms. The van der Waals surface area contributed by atoms with Crippen LogP contribution in [-0.4, -0.2) is 51.8 Å². The van der Waals surface area contributed by atoms with Gasteiger partial charge in [0.1, 0.15) is 5.69 Å². The standard InChI is InChI=1S/C17H23N3O2/c1-2-11-20-15(21)6-8-17(20)7-4-12-19(13-9-17)16(22)14-5-3-10-18-14/h2-3,5,10,18H,1,4,6-9,11-13H2/t17-/m1/s1. The number of nitrogens with zero attached hydrogens (tertiary/aromatic N) is 2. The molecule has 5 heteroatoms. The second kappa shape index (κ2) is 5.99. The number of amides is 2. The van der Waals surface area contributed by atoms with Gasteiger partial charge in [0.15, 0.2) is 0 Å². The lowest BCUT2D eigenvalue weighted by Gasteiger charge is -2.37. The largest absolute Gasteiger partial charge is 0.357 e. The molecule has 2 fully saturated rings. The highest BCUT2D eigenvalue weighted by Crippen LogP contribution is 2.39. The van der Waals surface area contributed by atoms with Gasteiger partial charge in [-0.3, -0.25) is 9.59 Å². The van der Waals surface area contributed by atoms with Crippen molar-refractivity contribution in [3.63, 3.8) is 0 Å². The molecule has 118 valence electrons. The molecule has 22 heavy (non-hydrogen) atoms. The molecule has 0 aromatic carbocycles. The molecule has 2 amide bonds. The molecule has 0 unspecified atom stereocenters. The van der Waals surface area contributed by atoms with Crippen molar-refractivity contribution in [2.24, 2.45) is 0 Å². The Labute approximate surface area is 131 Å². The molecule has 3 rings (SSSR count). The van der Waals surface area contributed by atoms with Crippen LogP contribution >= 0.6 is 0 Å². The normalized spacial score (nSPS) is 25.5. The van der Waals surface area contributed by atoms with Gasteiger partial charge in [-0.2, -0.15) is 0 Å². The predicted octanol–water partition coefficient (Wildman–Crippen LogP) is 2.19. The van der Waals surface area contributed by atoms with Crippen LogP contribution in [0.1, 0.15) is 42.6 Å². The lowest BCUT2D eigenvalue weighted by atomic mass is 9.87. The number of nitrogens with one attached hydrogen (secondary N) is 1. The third-order valence-electron chi connectivity index (χ3n) is 5.02. The summed E-state index contributed by atoms with van der Waals surface area (Å²) < 4.78 is 0. The SMILES string of the molecule is C=CCN1C(=O)CC[C@@]12CCCN(C(=O)c1ccc[nH]1)CC2. The molecule has 2 aliphatic rings. The van der Waals surface area contributed by atoms with E-state index in [9.17, 15) is 9.59 Å². The summed E-state index contributed by atoms with van der Waals surface area (Å²) >= 11 is 0. The van der Waals surface area contributed by atoms with Crippen molar-refractivity contribution in [1.82, 2.24) is 14.8 Å². The highest BCUT2D eigenvalue weighted by Gasteiger charge is 2.45. The summed E-state index contributed by atoms with van der Waals surface area (Å²) in [6.45, 7) is 5.86. The molecule has 0 aliphatic carbocycles. The van der Waals surface area contributed by atoms with Gasteiger partial charge in [0.05, 0.1) is 0 Å². The van der Waals surface area contributed by atoms with E-state index in [0.29, 0.717) is 25.2 Å². The summed E-state index contributed by atoms with van der Waals surface area (Å²) in [5.74, 6) is 0.283. The number of aromatic nitrogens is 1. The van der Waals surface area contributed by atoms with E-state index in [2.05, 4.69) is 11.6 Å². The topological polar surface area (TPSA) is 56.4 Å². The second-order valence-electron chi connectivity index (χ2n) is 6.25. The molecule has 1 aromatic rings. The molecular weight excluding hydrogens is 278 g/mol. The summed E-state index contributed by atoms with van der Waals surface area (Å²) in [6, 6.07) is 3.65. The van der Waals surface area contributed by atoms with E-state index >= 15 is 0 Å². The van der Waals surface area contributed by atoms with Gasteiger partial charge in [-0.25, -0.2) is 0 Å². The second-order valence-corrected chi connectivity index (χ2v) is 6.25. The van der Waals surface area contributed by atoms with Gasteiger partial charge in [-0.1, -0.05) is 6.08 Å². The van der Waals surface area contributed by atoms with Gasteiger partial charge in [-0.15, -0.1) is 6.58 Å². The highest BCUT2D eigenvalue weighted by molar-refractivity contribution is 5.92. The van der Waals surface area contributed by atoms with Crippen LogP contribution in [0.5, 0.6) is 0 Å². The van der Waals surface area contributed by atoms with Gasteiger partial charge >= 0.3 is 0 Å². The summed E-state index contributed by atoms with van der Waals surface area (Å²) in [5, 5.41) is 0. The Hall–Kier alpha value is -2.04. The quantitative estimate of drug-likeness (QED) is 0.870. The Morgan fingerprint density at radius 2 is 2.23 bits per heavy atom. The summed E-state index contributed by atoms with van der Waals surface area (Å²) in [5.41, 5.74) is 0.567. The maximum Gasteiger partial charge on any atom is 0.270 e. The van der Waals surface area contributed by atoms with Crippen LogP contribution in [0, 0.1) is 0 Å². The monoisotopic (exact) mass is 301 g/mol. The maximum atomic E-state index is 12.5. The van der Waals surface area contributed by atoms with Crippen LogP contribution in [0.4, 0.5) is 0 Å². The van der Waals surface area contributed by atoms with E-state index in [0.717, 1.165) is 32.2 Å². The van der Waals surface area contributed by atoms with Crippen molar-refractivity contribution < 1.29 is 9.59 Å². The van der Waals surface area contributed by atoms with E-state index < -0.39 is 0 Å². The van der Waals surface area contributed by atoms with Crippen molar-refractivity contribution in [2.75, 3.05) is 19.6 Å². The average Bonchev–Trinajstić information content (AvgIpc) is 3.08. The third-order valence-corrected chi connectivity index (χ3v) is 5.02. The minimum absolute atomic E-state index is 0.0571. The number of hydrogen-bond donors (Lipinski definition) is 1. The molecule has 0 saturated carbocycles. The first-order valence-electron chi connectivity index (χ1n) is 8.00. The molecule has 0 bridgehead atoms. The molecule has 1 aromatic heterocycles. The number of H-pyrrole nitrogens is 1. The molecular formula is C17H23N3O2. The van der Waals surface area contributed by atoms with Crippen molar-refractivity contribution >= 4 is 11.8 Å². The zero-order valence-corrected chi connectivity index (χ0v) is 12.9. The first-order chi connectivity index (χ1) is 10.7. The van der Waals surface area contributed by atoms with Crippen LogP contribution < -0.4 is 0 Å². The van der Waals surface area contributed by atoms with Crippen molar-refractivity contribution in [3.05, 3.63) is 36.7 Å². The fourth-order valence-electron chi connectivity index (χ4n) is 3.83. The lowest BCUT2D eigenvalue weighted by molar-refractivity contribution is -0.130. The molecule has 3 heterocycles. The van der Waals surface area contributed by atoms with Crippen LogP contribution in [0.15, 0.2) is 31.0 Å². The van der Waals surface area contributed by atoms with Crippen LogP contribution in [0.2, 0.25) is 0 Å². The number of likely N-dealkylation sites (tertiary alicyclic amines) is 2. The minimum atomic E-state index is -0.0734. The Morgan fingerprint density at radius 3 is 2.95 bits per heavy atom. The van der Waals surface area contributed by atoms with Gasteiger partial charge in [-0.05, 0) is 37.8 Å². The van der Waals surface area contributed by atoms with Gasteiger partial charge < -0.3 is 14.8 Å². The van der Waals surface area contributed by atoms with Crippen molar-refractivity contribution in [2.45, 2.75) is 37.6 Å². The van der Waals surface area contributed by atoms with Gasteiger partial charge in [0.2, 0.25) is 5.91 Å². The predicted molar refractivity (Wildman–Crippen MR) is 84.4 cm³/mol. The lowest BCUT2D eigenvalue weighted by Crippen LogP contribution is -2.46. The molecule has 1 atom stereocenters. The Bertz CT molecular complexity index is 566. The zero-order chi connectivity index (χ0) is 15.6. The molecule has 0 radical (unpaired) electrons. The number of rotatable bonds is 3. The Balaban J connectivity index is 1.73. The van der Waals surface area contributed by atoms with E-state index in [-0.39, 0.29) is 17.4 Å². The number of hydrogen-bond acceptors (Lipinski definition) is 2. The third kappa shape index (κ3) is 2.56. The highest BCUT2D eigenvalue weighted by atomic mass is 16.2. The van der Waals surface area contributed by atoms with Gasteiger partial charge in [0, 0.05) is 37.8 Å². The number of carbonyl (C=O) groups excluding carboxylic acids is 2. The van der Waals surface area contributed by atoms with E-state index in [1.807, 2.05) is 21.9 Å². The number of carbonyl (C=O) groups is 2. The summed E-state index contributed by atoms with van der Waals surface area (Å²) in [4.78, 5) is 31.5. The maximum absolute atomic E-state index is 12.5. The molecule has 2 saturated heterocycles. The molecule has 1 N–H and O–H groups in total. The first-order valence-corrected chi connectivity index (χ1v) is 8.00. The van der Waals surface area contributed by atoms with Gasteiger partial charge in [0.25, 0.3) is 5.91 Å². The smallest absolute Gasteiger partial charge is 0.270 e. The Morgan fingerprint density at radius 1 is 1.36 bits per heavy atom. The fraction of sp³-hybridized carbons (Fsp3) is 0.529. The first kappa shape index (κ1) is 14.9. The summed E-state index contributed by atoms with van der Waals surface area (Å²) in [7, 11) is 0. The van der Waals surface area contributed by atoms with Crippen molar-refractivity contribution in [1.29, 1.82) is 0 Å². The van der Waals surface area contributed by atoms with Crippen molar-refractivity contribution in [3.8, 4) is 0 Å². The van der Waals surface area contributed by atoms with E-state index in [1.165, 1.54) is 0 Å². The van der Waals surface area contributed by atoms with E-state index in [1.54, 1.807) is 12.3 Å². The minimum Gasteiger partial charge on any atom is -0.357 e. The summed E-state index contributed by atoms with van der Waals surface area (Å²) in [6.07, 6.45) is 7.88. The van der Waals surface area contributed by atoms with Crippen LogP contribution in [0.3, 0.4) is 0 Å². The fourth-order valence-corrected chi connectivity index (χ4v) is 3.83. The molecule has 5 nitrogen and oxygen atoms in total. The number of aromatic amines is 1. The van der Waals surface area contributed by atoms with Crippen LogP contribution in [0.25, 0.3) is 0 Å². The average molecular weight is 301 g/mol. The molecule has 2 aliphatic heterocycles. The Kier molecular flexibility index (Phi) is 4.05. The van der Waals surface area contributed by atoms with E-state index in [4.69, 9.17) is 0 Å². The zero-order valence-electron chi connectivity index (χ0n) is 12.9. The van der Waals surface area contributed by atoms with Crippen LogP contribution in [-0.2, 0) is 4.79 Å².